The number of pyridine rings is 1. The van der Waals surface area contributed by atoms with E-state index in [0.717, 1.165) is 17.9 Å². The lowest BCUT2D eigenvalue weighted by atomic mass is 9.96. The quantitative estimate of drug-likeness (QED) is 0.883. The van der Waals surface area contributed by atoms with E-state index in [2.05, 4.69) is 4.98 Å². The Morgan fingerprint density at radius 1 is 1.44 bits per heavy atom. The minimum atomic E-state index is -0.438. The molecule has 2 atom stereocenters. The van der Waals surface area contributed by atoms with E-state index in [1.54, 1.807) is 24.0 Å². The monoisotopic (exact) mass is 240 g/mol. The summed E-state index contributed by atoms with van der Waals surface area (Å²) in [6.45, 7) is -0.438. The van der Waals surface area contributed by atoms with E-state index in [-0.39, 0.29) is 0 Å². The van der Waals surface area contributed by atoms with Crippen molar-refractivity contribution in [2.24, 2.45) is 5.73 Å². The molecule has 2 nitrogen and oxygen atoms in total. The molecule has 2 unspecified atom stereocenters. The maximum absolute atomic E-state index is 12.3. The highest BCUT2D eigenvalue weighted by Gasteiger charge is 2.20. The van der Waals surface area contributed by atoms with E-state index in [1.165, 1.54) is 12.8 Å². The molecule has 1 aromatic heterocycles. The summed E-state index contributed by atoms with van der Waals surface area (Å²) >= 11 is 1.77. The van der Waals surface area contributed by atoms with Crippen molar-refractivity contribution >= 4 is 11.8 Å². The molecule has 1 saturated carbocycles. The van der Waals surface area contributed by atoms with Gasteiger partial charge >= 0.3 is 0 Å². The van der Waals surface area contributed by atoms with Crippen LogP contribution in [0.3, 0.4) is 0 Å². The van der Waals surface area contributed by atoms with Crippen LogP contribution >= 0.6 is 11.8 Å². The van der Waals surface area contributed by atoms with E-state index < -0.39 is 6.67 Å². The zero-order valence-corrected chi connectivity index (χ0v) is 10.0. The summed E-state index contributed by atoms with van der Waals surface area (Å²) in [5, 5.41) is 1.56. The van der Waals surface area contributed by atoms with Gasteiger partial charge in [0, 0.05) is 23.1 Å². The Hall–Kier alpha value is -0.610. The fourth-order valence-electron chi connectivity index (χ4n) is 2.02. The molecule has 2 rings (SSSR count). The highest BCUT2D eigenvalue weighted by atomic mass is 32.2. The van der Waals surface area contributed by atoms with E-state index >= 15 is 0 Å². The van der Waals surface area contributed by atoms with Crippen molar-refractivity contribution in [1.82, 2.24) is 4.98 Å². The van der Waals surface area contributed by atoms with Crippen LogP contribution < -0.4 is 5.73 Å². The first-order valence-corrected chi connectivity index (χ1v) is 6.59. The smallest absolute Gasteiger partial charge is 0.116 e. The van der Waals surface area contributed by atoms with Crippen molar-refractivity contribution in [3.63, 3.8) is 0 Å². The van der Waals surface area contributed by atoms with Crippen LogP contribution in [0.1, 0.15) is 31.2 Å². The molecule has 1 aromatic rings. The minimum absolute atomic E-state index is 0.344. The van der Waals surface area contributed by atoms with Gasteiger partial charge in [0.2, 0.25) is 0 Å². The maximum atomic E-state index is 12.3. The summed E-state index contributed by atoms with van der Waals surface area (Å²) in [4.78, 5) is 4.25. The molecule has 0 amide bonds. The largest absolute Gasteiger partial charge is 0.328 e. The number of hydrogen-bond donors (Lipinski definition) is 1. The van der Waals surface area contributed by atoms with Gasteiger partial charge in [0.15, 0.2) is 0 Å². The average molecular weight is 240 g/mol. The van der Waals surface area contributed by atoms with Crippen molar-refractivity contribution < 1.29 is 4.39 Å². The molecule has 16 heavy (non-hydrogen) atoms. The number of rotatable bonds is 3. The zero-order valence-electron chi connectivity index (χ0n) is 9.23. The van der Waals surface area contributed by atoms with E-state index in [4.69, 9.17) is 5.73 Å². The van der Waals surface area contributed by atoms with Gasteiger partial charge in [-0.15, -0.1) is 11.8 Å². The van der Waals surface area contributed by atoms with Crippen LogP contribution in [0.5, 0.6) is 0 Å². The molecule has 2 N–H and O–H groups in total. The SMILES string of the molecule is NC1CCCC(Sc2ccc(CF)cn2)C1. The number of thioether (sulfide) groups is 1. The normalized spacial score (nSPS) is 25.6. The van der Waals surface area contributed by atoms with Gasteiger partial charge in [0.25, 0.3) is 0 Å². The van der Waals surface area contributed by atoms with Gasteiger partial charge in [0.1, 0.15) is 6.67 Å². The maximum Gasteiger partial charge on any atom is 0.116 e. The van der Waals surface area contributed by atoms with Crippen molar-refractivity contribution in [3.05, 3.63) is 23.9 Å². The Morgan fingerprint density at radius 3 is 2.94 bits per heavy atom. The predicted octanol–water partition coefficient (Wildman–Crippen LogP) is 2.91. The van der Waals surface area contributed by atoms with E-state index in [9.17, 15) is 4.39 Å². The Bertz CT molecular complexity index is 328. The Labute approximate surface area is 99.8 Å². The first-order valence-electron chi connectivity index (χ1n) is 5.71. The summed E-state index contributed by atoms with van der Waals surface area (Å²) in [7, 11) is 0. The zero-order chi connectivity index (χ0) is 11.4. The number of nitrogens with two attached hydrogens (primary N) is 1. The van der Waals surface area contributed by atoms with E-state index in [1.807, 2.05) is 6.07 Å². The van der Waals surface area contributed by atoms with Crippen LogP contribution in [0.15, 0.2) is 23.4 Å². The van der Waals surface area contributed by atoms with Gasteiger partial charge in [-0.2, -0.15) is 0 Å². The van der Waals surface area contributed by atoms with Crippen LogP contribution in [-0.2, 0) is 6.67 Å². The number of aromatic nitrogens is 1. The van der Waals surface area contributed by atoms with Gasteiger partial charge in [-0.05, 0) is 25.3 Å². The fourth-order valence-corrected chi connectivity index (χ4v) is 3.25. The number of hydrogen-bond acceptors (Lipinski definition) is 3. The topological polar surface area (TPSA) is 38.9 Å². The molecule has 1 aliphatic carbocycles. The van der Waals surface area contributed by atoms with Gasteiger partial charge < -0.3 is 5.73 Å². The van der Waals surface area contributed by atoms with Crippen molar-refractivity contribution in [3.8, 4) is 0 Å². The summed E-state index contributed by atoms with van der Waals surface area (Å²) in [5.74, 6) is 0. The fraction of sp³-hybridized carbons (Fsp3) is 0.583. The first kappa shape index (κ1) is 11.9. The molecule has 1 heterocycles. The Balaban J connectivity index is 1.92. The van der Waals surface area contributed by atoms with Crippen molar-refractivity contribution in [1.29, 1.82) is 0 Å². The summed E-state index contributed by atoms with van der Waals surface area (Å²) in [5.41, 5.74) is 6.58. The molecule has 0 aromatic carbocycles. The van der Waals surface area contributed by atoms with Crippen molar-refractivity contribution in [2.75, 3.05) is 0 Å². The molecule has 1 fully saturated rings. The number of alkyl halides is 1. The molecular formula is C12H17FN2S. The van der Waals surface area contributed by atoms with Crippen LogP contribution in [-0.4, -0.2) is 16.3 Å². The van der Waals surface area contributed by atoms with Gasteiger partial charge in [-0.3, -0.25) is 0 Å². The molecule has 0 bridgehead atoms. The van der Waals surface area contributed by atoms with Crippen molar-refractivity contribution in [2.45, 2.75) is 48.7 Å². The summed E-state index contributed by atoms with van der Waals surface area (Å²) in [6.07, 6.45) is 6.25. The molecule has 88 valence electrons. The highest BCUT2D eigenvalue weighted by molar-refractivity contribution is 7.99. The number of nitrogens with zero attached hydrogens (tertiary/aromatic N) is 1. The lowest BCUT2D eigenvalue weighted by Gasteiger charge is -2.25. The second-order valence-corrected chi connectivity index (χ2v) is 5.63. The second-order valence-electron chi connectivity index (χ2n) is 4.30. The molecular weight excluding hydrogens is 223 g/mol. The van der Waals surface area contributed by atoms with Crippen LogP contribution in [0.4, 0.5) is 4.39 Å². The molecule has 1 aliphatic rings. The number of halogens is 1. The standard InChI is InChI=1S/C12H17FN2S/c13-7-9-4-5-12(15-8-9)16-11-3-1-2-10(14)6-11/h4-5,8,10-11H,1-3,6-7,14H2. The van der Waals surface area contributed by atoms with Gasteiger partial charge in [-0.1, -0.05) is 12.5 Å². The summed E-state index contributed by atoms with van der Waals surface area (Å²) in [6, 6.07) is 4.05. The van der Waals surface area contributed by atoms with Crippen LogP contribution in [0.25, 0.3) is 0 Å². The molecule has 0 aliphatic heterocycles. The van der Waals surface area contributed by atoms with Gasteiger partial charge in [0.05, 0.1) is 5.03 Å². The van der Waals surface area contributed by atoms with Gasteiger partial charge in [-0.25, -0.2) is 9.37 Å². The van der Waals surface area contributed by atoms with Crippen LogP contribution in [0.2, 0.25) is 0 Å². The Kier molecular flexibility index (Phi) is 4.18. The lowest BCUT2D eigenvalue weighted by Crippen LogP contribution is -2.29. The average Bonchev–Trinajstić information content (AvgIpc) is 2.30. The Morgan fingerprint density at radius 2 is 2.31 bits per heavy atom. The predicted molar refractivity (Wildman–Crippen MR) is 65.1 cm³/mol. The molecule has 0 spiro atoms. The lowest BCUT2D eigenvalue weighted by molar-refractivity contribution is 0.451. The first-order chi connectivity index (χ1) is 7.78. The van der Waals surface area contributed by atoms with Crippen LogP contribution in [0, 0.1) is 0 Å². The molecule has 0 saturated heterocycles. The third-order valence-corrected chi connectivity index (χ3v) is 4.15. The molecule has 0 radical (unpaired) electrons. The second kappa shape index (κ2) is 5.64. The van der Waals surface area contributed by atoms with E-state index in [0.29, 0.717) is 16.9 Å². The third-order valence-electron chi connectivity index (χ3n) is 2.91. The third kappa shape index (κ3) is 3.19. The molecule has 4 heteroatoms. The summed E-state index contributed by atoms with van der Waals surface area (Å²) < 4.78 is 12.3. The minimum Gasteiger partial charge on any atom is -0.328 e. The highest BCUT2D eigenvalue weighted by Crippen LogP contribution is 2.32.